The van der Waals surface area contributed by atoms with Crippen LogP contribution in [0.25, 0.3) is 22.2 Å². The van der Waals surface area contributed by atoms with E-state index in [1.165, 1.54) is 18.4 Å². The van der Waals surface area contributed by atoms with Gasteiger partial charge in [-0.15, -0.1) is 11.3 Å². The molecule has 0 saturated carbocycles. The first kappa shape index (κ1) is 24.8. The topological polar surface area (TPSA) is 86.8 Å². The number of nitrogens with zero attached hydrogens (tertiary/aromatic N) is 1. The number of ether oxygens (including phenoxy) is 3. The lowest BCUT2D eigenvalue weighted by Gasteiger charge is -2.18. The second-order valence-corrected chi connectivity index (χ2v) is 10.2. The van der Waals surface area contributed by atoms with Gasteiger partial charge in [-0.05, 0) is 61.1 Å². The lowest BCUT2D eigenvalue weighted by atomic mass is 9.88. The molecule has 0 radical (unpaired) electrons. The van der Waals surface area contributed by atoms with Gasteiger partial charge in [-0.3, -0.25) is 4.79 Å². The van der Waals surface area contributed by atoms with E-state index in [4.69, 9.17) is 19.2 Å². The highest BCUT2D eigenvalue weighted by molar-refractivity contribution is 7.17. The highest BCUT2D eigenvalue weighted by atomic mass is 32.1. The van der Waals surface area contributed by atoms with E-state index >= 15 is 0 Å². The average Bonchev–Trinajstić information content (AvgIpc) is 3.28. The van der Waals surface area contributed by atoms with E-state index in [1.807, 2.05) is 42.5 Å². The average molecular weight is 517 g/mol. The Labute approximate surface area is 219 Å². The minimum absolute atomic E-state index is 0.308. The fraction of sp³-hybridized carbons (Fsp3) is 0.276. The fourth-order valence-electron chi connectivity index (χ4n) is 4.83. The van der Waals surface area contributed by atoms with Gasteiger partial charge in [0.1, 0.15) is 5.00 Å². The Morgan fingerprint density at radius 2 is 1.81 bits per heavy atom. The Morgan fingerprint density at radius 1 is 1.03 bits per heavy atom. The number of hydrogen-bond donors (Lipinski definition) is 1. The summed E-state index contributed by atoms with van der Waals surface area (Å²) in [4.78, 5) is 32.4. The van der Waals surface area contributed by atoms with Crippen LogP contribution in [0.5, 0.6) is 11.5 Å². The number of hydrogen-bond acceptors (Lipinski definition) is 7. The van der Waals surface area contributed by atoms with Gasteiger partial charge in [-0.1, -0.05) is 25.1 Å². The Bertz CT molecular complexity index is 1510. The molecule has 7 nitrogen and oxygen atoms in total. The molecule has 0 saturated heterocycles. The van der Waals surface area contributed by atoms with Crippen molar-refractivity contribution in [1.82, 2.24) is 4.98 Å². The molecular formula is C29H28N2O5S. The summed E-state index contributed by atoms with van der Waals surface area (Å²) in [6, 6.07) is 14.8. The van der Waals surface area contributed by atoms with Crippen molar-refractivity contribution in [3.8, 4) is 22.8 Å². The third kappa shape index (κ3) is 4.64. The number of methoxy groups -OCH3 is 3. The largest absolute Gasteiger partial charge is 0.493 e. The SMILES string of the molecule is COC(=O)c1c(NC(=O)c2cc(-c3ccc(OC)c(OC)c3)nc3ccccc23)sc2c1CCC(C)C2. The molecule has 1 atom stereocenters. The second-order valence-electron chi connectivity index (χ2n) is 9.14. The Balaban J connectivity index is 1.58. The molecule has 1 unspecified atom stereocenters. The second kappa shape index (κ2) is 10.2. The molecule has 2 aromatic heterocycles. The number of aromatic nitrogens is 1. The minimum atomic E-state index is -0.423. The first-order valence-electron chi connectivity index (χ1n) is 12.1. The smallest absolute Gasteiger partial charge is 0.341 e. The molecule has 1 amide bonds. The summed E-state index contributed by atoms with van der Waals surface area (Å²) in [5, 5.41) is 4.29. The first-order valence-corrected chi connectivity index (χ1v) is 12.9. The van der Waals surface area contributed by atoms with Crippen LogP contribution in [0.15, 0.2) is 48.5 Å². The number of fused-ring (bicyclic) bond motifs is 2. The summed E-state index contributed by atoms with van der Waals surface area (Å²) < 4.78 is 15.9. The van der Waals surface area contributed by atoms with E-state index < -0.39 is 5.97 Å². The number of benzene rings is 2. The van der Waals surface area contributed by atoms with Crippen molar-refractivity contribution in [2.45, 2.75) is 26.2 Å². The van der Waals surface area contributed by atoms with Crippen LogP contribution in [0, 0.1) is 5.92 Å². The number of carbonyl (C=O) groups excluding carboxylic acids is 2. The van der Waals surface area contributed by atoms with Crippen molar-refractivity contribution in [2.75, 3.05) is 26.6 Å². The van der Waals surface area contributed by atoms with E-state index in [0.29, 0.717) is 44.8 Å². The summed E-state index contributed by atoms with van der Waals surface area (Å²) in [7, 11) is 4.53. The molecule has 5 rings (SSSR count). The summed E-state index contributed by atoms with van der Waals surface area (Å²) >= 11 is 1.47. The maximum absolute atomic E-state index is 13.7. The predicted molar refractivity (Wildman–Crippen MR) is 145 cm³/mol. The summed E-state index contributed by atoms with van der Waals surface area (Å²) in [6.45, 7) is 2.21. The number of nitrogens with one attached hydrogen (secondary N) is 1. The molecule has 4 aromatic rings. The van der Waals surface area contributed by atoms with Crippen LogP contribution in [-0.2, 0) is 17.6 Å². The molecule has 0 aliphatic heterocycles. The maximum Gasteiger partial charge on any atom is 0.341 e. The van der Waals surface area contributed by atoms with Crippen LogP contribution in [0.2, 0.25) is 0 Å². The summed E-state index contributed by atoms with van der Waals surface area (Å²) in [5.74, 6) is 0.983. The Kier molecular flexibility index (Phi) is 6.84. The number of para-hydroxylation sites is 1. The van der Waals surface area contributed by atoms with Gasteiger partial charge in [-0.25, -0.2) is 9.78 Å². The van der Waals surface area contributed by atoms with Gasteiger partial charge in [0.2, 0.25) is 0 Å². The molecular weight excluding hydrogens is 488 g/mol. The molecule has 1 aliphatic carbocycles. The fourth-order valence-corrected chi connectivity index (χ4v) is 6.23. The number of carbonyl (C=O) groups is 2. The Hall–Kier alpha value is -3.91. The van der Waals surface area contributed by atoms with Crippen LogP contribution in [0.3, 0.4) is 0 Å². The zero-order valence-electron chi connectivity index (χ0n) is 21.2. The van der Waals surface area contributed by atoms with Crippen LogP contribution in [0.1, 0.15) is 44.5 Å². The molecule has 190 valence electrons. The van der Waals surface area contributed by atoms with E-state index in [2.05, 4.69) is 12.2 Å². The van der Waals surface area contributed by atoms with E-state index in [9.17, 15) is 9.59 Å². The molecule has 8 heteroatoms. The molecule has 1 N–H and O–H groups in total. The highest BCUT2D eigenvalue weighted by Gasteiger charge is 2.29. The van der Waals surface area contributed by atoms with Gasteiger partial charge in [0.25, 0.3) is 5.91 Å². The van der Waals surface area contributed by atoms with E-state index in [0.717, 1.165) is 40.7 Å². The van der Waals surface area contributed by atoms with Crippen molar-refractivity contribution in [1.29, 1.82) is 0 Å². The zero-order chi connectivity index (χ0) is 26.1. The van der Waals surface area contributed by atoms with Crippen molar-refractivity contribution in [3.05, 3.63) is 70.1 Å². The first-order chi connectivity index (χ1) is 17.9. The molecule has 2 heterocycles. The van der Waals surface area contributed by atoms with Gasteiger partial charge >= 0.3 is 5.97 Å². The van der Waals surface area contributed by atoms with Crippen molar-refractivity contribution in [3.63, 3.8) is 0 Å². The van der Waals surface area contributed by atoms with Crippen LogP contribution >= 0.6 is 11.3 Å². The zero-order valence-corrected chi connectivity index (χ0v) is 22.0. The third-order valence-corrected chi connectivity index (χ3v) is 7.94. The highest BCUT2D eigenvalue weighted by Crippen LogP contribution is 2.40. The number of anilines is 1. The molecule has 1 aliphatic rings. The van der Waals surface area contributed by atoms with Gasteiger partial charge in [0.05, 0.1) is 43.7 Å². The van der Waals surface area contributed by atoms with Gasteiger partial charge in [0.15, 0.2) is 11.5 Å². The van der Waals surface area contributed by atoms with Crippen LogP contribution < -0.4 is 14.8 Å². The quantitative estimate of drug-likeness (QED) is 0.310. The number of amides is 1. The lowest BCUT2D eigenvalue weighted by molar-refractivity contribution is 0.0601. The number of esters is 1. The number of pyridine rings is 1. The van der Waals surface area contributed by atoms with Crippen LogP contribution in [-0.4, -0.2) is 38.2 Å². The summed E-state index contributed by atoms with van der Waals surface area (Å²) in [6.07, 6.45) is 2.70. The summed E-state index contributed by atoms with van der Waals surface area (Å²) in [5.41, 5.74) is 4.03. The van der Waals surface area contributed by atoms with Crippen molar-refractivity contribution in [2.24, 2.45) is 5.92 Å². The molecule has 0 fully saturated rings. The van der Waals surface area contributed by atoms with Crippen LogP contribution in [0.4, 0.5) is 5.00 Å². The minimum Gasteiger partial charge on any atom is -0.493 e. The third-order valence-electron chi connectivity index (χ3n) is 6.77. The normalized spacial score (nSPS) is 14.6. The number of rotatable bonds is 6. The maximum atomic E-state index is 13.7. The number of thiophene rings is 1. The standard InChI is InChI=1S/C29H28N2O5S/c1-16-9-11-19-25(13-16)37-28(26(19)29(33)36-4)31-27(32)20-15-22(30-21-8-6-5-7-18(20)21)17-10-12-23(34-2)24(14-17)35-3/h5-8,10,12,14-16H,9,11,13H2,1-4H3,(H,31,32). The van der Waals surface area contributed by atoms with E-state index in [-0.39, 0.29) is 5.91 Å². The molecule has 0 spiro atoms. The Morgan fingerprint density at radius 3 is 2.57 bits per heavy atom. The van der Waals surface area contributed by atoms with E-state index in [1.54, 1.807) is 20.3 Å². The predicted octanol–water partition coefficient (Wildman–Crippen LogP) is 6.14. The monoisotopic (exact) mass is 516 g/mol. The van der Waals surface area contributed by atoms with Crippen molar-refractivity contribution < 1.29 is 23.8 Å². The van der Waals surface area contributed by atoms with Crippen molar-refractivity contribution >= 4 is 39.1 Å². The van der Waals surface area contributed by atoms with Gasteiger partial charge in [-0.2, -0.15) is 0 Å². The molecule has 0 bridgehead atoms. The molecule has 2 aromatic carbocycles. The van der Waals surface area contributed by atoms with Gasteiger partial charge in [0, 0.05) is 15.8 Å². The van der Waals surface area contributed by atoms with Gasteiger partial charge < -0.3 is 19.5 Å². The molecule has 37 heavy (non-hydrogen) atoms. The lowest BCUT2D eigenvalue weighted by Crippen LogP contribution is -2.16.